The number of aliphatic hydroxyl groups is 2. The molecule has 13 heteroatoms. The van der Waals surface area contributed by atoms with E-state index in [1.54, 1.807) is 107 Å². The van der Waals surface area contributed by atoms with Gasteiger partial charge in [0.05, 0.1) is 0 Å². The molecule has 0 aliphatic carbocycles. The van der Waals surface area contributed by atoms with Crippen molar-refractivity contribution in [3.05, 3.63) is 120 Å². The van der Waals surface area contributed by atoms with Crippen LogP contribution in [0.4, 0.5) is 11.4 Å². The van der Waals surface area contributed by atoms with E-state index in [1.165, 1.54) is 0 Å². The highest BCUT2D eigenvalue weighted by Gasteiger charge is 2.35. The summed E-state index contributed by atoms with van der Waals surface area (Å²) in [5, 5.41) is 35.4. The molecular weight excluding hydrogens is 700 g/mol. The molecule has 1 aromatic heterocycles. The molecule has 4 atom stereocenters. The van der Waals surface area contributed by atoms with Crippen molar-refractivity contribution in [3.8, 4) is 22.9 Å². The van der Waals surface area contributed by atoms with E-state index in [0.29, 0.717) is 59.6 Å². The molecule has 2 aliphatic heterocycles. The van der Waals surface area contributed by atoms with Crippen LogP contribution in [0.5, 0.6) is 0 Å². The fourth-order valence-electron chi connectivity index (χ4n) is 7.25. The highest BCUT2D eigenvalue weighted by atomic mass is 16.4. The van der Waals surface area contributed by atoms with Crippen molar-refractivity contribution in [1.82, 2.24) is 20.0 Å². The molecule has 2 saturated heterocycles. The molecule has 4 amide bonds. The smallest absolute Gasteiger partial charge is 0.256 e. The Morgan fingerprint density at radius 2 is 0.982 bits per heavy atom. The van der Waals surface area contributed by atoms with Crippen LogP contribution in [0.15, 0.2) is 114 Å². The van der Waals surface area contributed by atoms with Crippen molar-refractivity contribution in [2.24, 2.45) is 0 Å². The van der Waals surface area contributed by atoms with Crippen LogP contribution in [0, 0.1) is 0 Å². The minimum Gasteiger partial charge on any atom is -0.416 e. The number of benzene rings is 4. The Balaban J connectivity index is 0.894. The number of rotatable bonds is 12. The quantitative estimate of drug-likeness (QED) is 0.128. The fourth-order valence-corrected chi connectivity index (χ4v) is 7.25. The van der Waals surface area contributed by atoms with Gasteiger partial charge >= 0.3 is 0 Å². The third-order valence-electron chi connectivity index (χ3n) is 10.1. The van der Waals surface area contributed by atoms with E-state index in [9.17, 15) is 29.4 Å². The van der Waals surface area contributed by atoms with Crippen molar-refractivity contribution in [2.75, 3.05) is 23.7 Å². The molecular formula is C42H42N6O7. The Bertz CT molecular complexity index is 1960. The first-order valence-corrected chi connectivity index (χ1v) is 18.4. The van der Waals surface area contributed by atoms with Crippen LogP contribution >= 0.6 is 0 Å². The molecule has 282 valence electrons. The van der Waals surface area contributed by atoms with Gasteiger partial charge in [0.1, 0.15) is 0 Å². The van der Waals surface area contributed by atoms with Gasteiger partial charge in [0.15, 0.2) is 12.2 Å². The zero-order chi connectivity index (χ0) is 38.3. The van der Waals surface area contributed by atoms with Crippen molar-refractivity contribution in [1.29, 1.82) is 0 Å². The lowest BCUT2D eigenvalue weighted by Crippen LogP contribution is -2.40. The maximum atomic E-state index is 13.0. The summed E-state index contributed by atoms with van der Waals surface area (Å²) in [5.41, 5.74) is 3.50. The standard InChI is InChI=1S/C42H42N6O7/c49-35(25-33-13-7-23-47(33)41(53)37(51)27-9-3-1-4-10-27)43-31-19-15-29(16-20-31)39-45-46-40(55-39)30-17-21-32(22-18-30)44-36(50)26-34-14-8-24-48(34)42(54)38(52)28-11-5-2-6-12-28/h1-6,9-12,15-22,33-34,37-38,51-52H,7-8,13-14,23-26H2,(H,43,49)(H,44,50)/t33-,34-,37-,38-/m0/s1. The van der Waals surface area contributed by atoms with Crippen molar-refractivity contribution < 1.29 is 33.8 Å². The average molecular weight is 743 g/mol. The van der Waals surface area contributed by atoms with Crippen molar-refractivity contribution in [3.63, 3.8) is 0 Å². The molecule has 0 bridgehead atoms. The molecule has 4 N–H and O–H groups in total. The van der Waals surface area contributed by atoms with Gasteiger partial charge in [-0.3, -0.25) is 19.2 Å². The minimum absolute atomic E-state index is 0.116. The molecule has 0 unspecified atom stereocenters. The minimum atomic E-state index is -1.27. The number of hydrogen-bond acceptors (Lipinski definition) is 9. The topological polar surface area (TPSA) is 178 Å². The summed E-state index contributed by atoms with van der Waals surface area (Å²) < 4.78 is 5.93. The maximum absolute atomic E-state index is 13.0. The van der Waals surface area contributed by atoms with E-state index >= 15 is 0 Å². The number of aromatic nitrogens is 2. The van der Waals surface area contributed by atoms with Crippen LogP contribution in [0.25, 0.3) is 22.9 Å². The maximum Gasteiger partial charge on any atom is 0.256 e. The first-order valence-electron chi connectivity index (χ1n) is 18.4. The van der Waals surface area contributed by atoms with Gasteiger partial charge in [0.2, 0.25) is 23.6 Å². The van der Waals surface area contributed by atoms with Gasteiger partial charge in [-0.2, -0.15) is 0 Å². The number of carbonyl (C=O) groups is 4. The second-order valence-electron chi connectivity index (χ2n) is 13.9. The highest BCUT2D eigenvalue weighted by molar-refractivity contribution is 5.93. The van der Waals surface area contributed by atoms with Gasteiger partial charge in [-0.25, -0.2) is 0 Å². The molecule has 3 heterocycles. The van der Waals surface area contributed by atoms with Gasteiger partial charge in [-0.1, -0.05) is 60.7 Å². The lowest BCUT2D eigenvalue weighted by Gasteiger charge is -2.26. The Labute approximate surface area is 318 Å². The first-order chi connectivity index (χ1) is 26.7. The number of nitrogens with one attached hydrogen (secondary N) is 2. The second-order valence-corrected chi connectivity index (χ2v) is 13.9. The lowest BCUT2D eigenvalue weighted by atomic mass is 10.1. The summed E-state index contributed by atoms with van der Waals surface area (Å²) in [6.45, 7) is 0.990. The number of nitrogens with zero attached hydrogens (tertiary/aromatic N) is 4. The second kappa shape index (κ2) is 16.9. The summed E-state index contributed by atoms with van der Waals surface area (Å²) >= 11 is 0. The van der Waals surface area contributed by atoms with E-state index in [2.05, 4.69) is 20.8 Å². The monoisotopic (exact) mass is 742 g/mol. The van der Waals surface area contributed by atoms with Crippen LogP contribution in [0.2, 0.25) is 0 Å². The lowest BCUT2D eigenvalue weighted by molar-refractivity contribution is -0.142. The molecule has 2 fully saturated rings. The number of likely N-dealkylation sites (tertiary alicyclic amines) is 2. The summed E-state index contributed by atoms with van der Waals surface area (Å²) in [4.78, 5) is 55.2. The first kappa shape index (κ1) is 37.1. The zero-order valence-electron chi connectivity index (χ0n) is 30.1. The van der Waals surface area contributed by atoms with Crippen LogP contribution in [-0.4, -0.2) is 79.0 Å². The van der Waals surface area contributed by atoms with E-state index in [-0.39, 0.29) is 48.5 Å². The van der Waals surface area contributed by atoms with E-state index in [4.69, 9.17) is 4.42 Å². The third kappa shape index (κ3) is 8.80. The number of anilines is 2. The van der Waals surface area contributed by atoms with Crippen molar-refractivity contribution >= 4 is 35.0 Å². The summed E-state index contributed by atoms with van der Waals surface area (Å²) in [6.07, 6.45) is 0.588. The molecule has 0 saturated carbocycles. The van der Waals surface area contributed by atoms with Gasteiger partial charge in [0, 0.05) is 60.5 Å². The third-order valence-corrected chi connectivity index (χ3v) is 10.1. The molecule has 7 rings (SSSR count). The predicted octanol–water partition coefficient (Wildman–Crippen LogP) is 5.51. The van der Waals surface area contributed by atoms with E-state index in [1.807, 2.05) is 12.1 Å². The molecule has 0 radical (unpaired) electrons. The normalized spacial score (nSPS) is 17.8. The van der Waals surface area contributed by atoms with Crippen LogP contribution in [0.3, 0.4) is 0 Å². The SMILES string of the molecule is O=C(C[C@@H]1CCCN1C(=O)[C@@H](O)c1ccccc1)Nc1ccc(-c2nnc(-c3ccc(NC(=O)C[C@@H]4CCCN4C(=O)[C@@H](O)c4ccccc4)cc3)o2)cc1. The molecule has 4 aromatic carbocycles. The van der Waals surface area contributed by atoms with Crippen LogP contribution < -0.4 is 10.6 Å². The number of carbonyl (C=O) groups excluding carboxylic acids is 4. The molecule has 0 spiro atoms. The number of hydrogen-bond donors (Lipinski definition) is 4. The molecule has 5 aromatic rings. The average Bonchev–Trinajstić information content (AvgIpc) is 4.00. The highest BCUT2D eigenvalue weighted by Crippen LogP contribution is 2.29. The largest absolute Gasteiger partial charge is 0.416 e. The molecule has 13 nitrogen and oxygen atoms in total. The fraction of sp³-hybridized carbons (Fsp3) is 0.286. The molecule has 2 aliphatic rings. The Morgan fingerprint density at radius 3 is 1.36 bits per heavy atom. The summed E-state index contributed by atoms with van der Waals surface area (Å²) in [5.74, 6) is -0.690. The summed E-state index contributed by atoms with van der Waals surface area (Å²) in [7, 11) is 0. The Hall–Kier alpha value is -6.18. The van der Waals surface area contributed by atoms with E-state index < -0.39 is 24.0 Å². The van der Waals surface area contributed by atoms with Gasteiger partial charge < -0.3 is 35.1 Å². The Morgan fingerprint density at radius 1 is 0.600 bits per heavy atom. The Kier molecular flexibility index (Phi) is 11.4. The predicted molar refractivity (Wildman–Crippen MR) is 204 cm³/mol. The zero-order valence-corrected chi connectivity index (χ0v) is 30.1. The summed E-state index contributed by atoms with van der Waals surface area (Å²) in [6, 6.07) is 30.9. The van der Waals surface area contributed by atoms with Gasteiger partial charge in [-0.15, -0.1) is 10.2 Å². The van der Waals surface area contributed by atoms with Crippen LogP contribution in [0.1, 0.15) is 61.9 Å². The molecule has 55 heavy (non-hydrogen) atoms. The van der Waals surface area contributed by atoms with Gasteiger partial charge in [0.25, 0.3) is 11.8 Å². The number of amides is 4. The van der Waals surface area contributed by atoms with E-state index in [0.717, 1.165) is 12.8 Å². The van der Waals surface area contributed by atoms with Crippen LogP contribution in [-0.2, 0) is 19.2 Å². The number of aliphatic hydroxyl groups excluding tert-OH is 2. The van der Waals surface area contributed by atoms with Gasteiger partial charge in [-0.05, 0) is 85.3 Å². The van der Waals surface area contributed by atoms with Crippen molar-refractivity contribution in [2.45, 2.75) is 62.8 Å².